The first kappa shape index (κ1) is 25.2. The molecule has 4 aromatic rings. The fraction of sp³-hybridized carbons (Fsp3) is 0.222. The molecule has 0 saturated carbocycles. The molecule has 0 saturated heterocycles. The summed E-state index contributed by atoms with van der Waals surface area (Å²) < 4.78 is 26.0. The van der Waals surface area contributed by atoms with Crippen molar-refractivity contribution in [2.75, 3.05) is 14.2 Å². The van der Waals surface area contributed by atoms with E-state index in [0.29, 0.717) is 33.8 Å². The third kappa shape index (κ3) is 5.52. The second-order valence-corrected chi connectivity index (χ2v) is 9.10. The molecule has 7 nitrogen and oxygen atoms in total. The molecule has 1 aromatic heterocycles. The van der Waals surface area contributed by atoms with Crippen LogP contribution in [0.25, 0.3) is 5.69 Å². The highest BCUT2D eigenvalue weighted by Gasteiger charge is 2.24. The Morgan fingerprint density at radius 1 is 1.00 bits per heavy atom. The lowest BCUT2D eigenvalue weighted by molar-refractivity contribution is 0.0931. The van der Waals surface area contributed by atoms with E-state index in [2.05, 4.69) is 15.5 Å². The van der Waals surface area contributed by atoms with E-state index in [4.69, 9.17) is 9.47 Å². The van der Waals surface area contributed by atoms with E-state index < -0.39 is 6.04 Å². The first-order valence-corrected chi connectivity index (χ1v) is 12.3. The molecule has 1 unspecified atom stereocenters. The highest BCUT2D eigenvalue weighted by atomic mass is 32.2. The topological polar surface area (TPSA) is 78.3 Å². The number of halogens is 1. The van der Waals surface area contributed by atoms with Crippen LogP contribution in [-0.2, 0) is 5.75 Å². The van der Waals surface area contributed by atoms with Gasteiger partial charge >= 0.3 is 0 Å². The standard InChI is InChI=1S/C27H27FN4O3S/c1-17-8-14-21(15-9-17)32-25(30-31-27(32)36-16-19-10-12-20(28)13-11-19)18(2)29-26(33)24-22(34-3)6-5-7-23(24)35-4/h5-15,18H,16H2,1-4H3,(H,29,33). The molecule has 0 bridgehead atoms. The number of thioether (sulfide) groups is 1. The van der Waals surface area contributed by atoms with Crippen molar-refractivity contribution < 1.29 is 18.7 Å². The SMILES string of the molecule is COc1cccc(OC)c1C(=O)NC(C)c1nnc(SCc2ccc(F)cc2)n1-c1ccc(C)cc1. The van der Waals surface area contributed by atoms with Crippen LogP contribution in [0, 0.1) is 12.7 Å². The molecule has 1 atom stereocenters. The number of carbonyl (C=O) groups is 1. The van der Waals surface area contributed by atoms with Gasteiger partial charge in [0.05, 0.1) is 20.3 Å². The lowest BCUT2D eigenvalue weighted by Crippen LogP contribution is -2.29. The van der Waals surface area contributed by atoms with Crippen LogP contribution in [0.3, 0.4) is 0 Å². The molecule has 1 heterocycles. The summed E-state index contributed by atoms with van der Waals surface area (Å²) in [5.74, 6) is 1.36. The Labute approximate surface area is 213 Å². The highest BCUT2D eigenvalue weighted by Crippen LogP contribution is 2.31. The summed E-state index contributed by atoms with van der Waals surface area (Å²) in [6.07, 6.45) is 0. The maximum Gasteiger partial charge on any atom is 0.259 e. The fourth-order valence-electron chi connectivity index (χ4n) is 3.73. The van der Waals surface area contributed by atoms with Crippen LogP contribution in [0.2, 0.25) is 0 Å². The molecule has 0 radical (unpaired) electrons. The van der Waals surface area contributed by atoms with Crippen LogP contribution in [0.5, 0.6) is 11.5 Å². The van der Waals surface area contributed by atoms with Gasteiger partial charge in [-0.3, -0.25) is 9.36 Å². The monoisotopic (exact) mass is 506 g/mol. The number of hydrogen-bond acceptors (Lipinski definition) is 6. The minimum Gasteiger partial charge on any atom is -0.496 e. The van der Waals surface area contributed by atoms with Gasteiger partial charge in [0.15, 0.2) is 11.0 Å². The quantitative estimate of drug-likeness (QED) is 0.302. The molecule has 1 N–H and O–H groups in total. The van der Waals surface area contributed by atoms with Gasteiger partial charge in [-0.2, -0.15) is 0 Å². The molecule has 0 spiro atoms. The van der Waals surface area contributed by atoms with Crippen LogP contribution in [0.1, 0.15) is 40.3 Å². The van der Waals surface area contributed by atoms with Crippen molar-refractivity contribution in [1.82, 2.24) is 20.1 Å². The normalized spacial score (nSPS) is 11.7. The van der Waals surface area contributed by atoms with E-state index in [9.17, 15) is 9.18 Å². The van der Waals surface area contributed by atoms with Gasteiger partial charge in [0.2, 0.25) is 0 Å². The number of aromatic nitrogens is 3. The van der Waals surface area contributed by atoms with Gasteiger partial charge in [-0.15, -0.1) is 10.2 Å². The van der Waals surface area contributed by atoms with Crippen molar-refractivity contribution in [3.8, 4) is 17.2 Å². The maximum atomic E-state index is 13.3. The van der Waals surface area contributed by atoms with E-state index in [-0.39, 0.29) is 11.7 Å². The van der Waals surface area contributed by atoms with Crippen LogP contribution >= 0.6 is 11.8 Å². The van der Waals surface area contributed by atoms with E-state index in [1.54, 1.807) is 30.3 Å². The summed E-state index contributed by atoms with van der Waals surface area (Å²) in [5.41, 5.74) is 3.27. The molecule has 0 aliphatic rings. The number of benzene rings is 3. The molecule has 36 heavy (non-hydrogen) atoms. The van der Waals surface area contributed by atoms with E-state index in [1.807, 2.05) is 42.7 Å². The Morgan fingerprint density at radius 2 is 1.64 bits per heavy atom. The fourth-order valence-corrected chi connectivity index (χ4v) is 4.64. The first-order chi connectivity index (χ1) is 17.4. The third-order valence-electron chi connectivity index (χ3n) is 5.62. The zero-order valence-electron chi connectivity index (χ0n) is 20.5. The van der Waals surface area contributed by atoms with Crippen LogP contribution in [0.15, 0.2) is 71.9 Å². The van der Waals surface area contributed by atoms with Crippen molar-refractivity contribution in [2.24, 2.45) is 0 Å². The summed E-state index contributed by atoms with van der Waals surface area (Å²) in [7, 11) is 3.02. The number of rotatable bonds is 9. The van der Waals surface area contributed by atoms with Crippen LogP contribution in [-0.4, -0.2) is 34.9 Å². The number of nitrogens with zero attached hydrogens (tertiary/aromatic N) is 3. The third-order valence-corrected chi connectivity index (χ3v) is 6.62. The van der Waals surface area contributed by atoms with Gasteiger partial charge in [0.1, 0.15) is 22.9 Å². The molecular formula is C27H27FN4O3S. The van der Waals surface area contributed by atoms with Crippen molar-refractivity contribution in [2.45, 2.75) is 30.8 Å². The molecular weight excluding hydrogens is 479 g/mol. The zero-order chi connectivity index (χ0) is 25.7. The van der Waals surface area contributed by atoms with Crippen molar-refractivity contribution in [3.05, 3.63) is 95.1 Å². The molecule has 0 fully saturated rings. The van der Waals surface area contributed by atoms with E-state index in [0.717, 1.165) is 16.8 Å². The molecule has 4 rings (SSSR count). The molecule has 0 aliphatic carbocycles. The average molecular weight is 507 g/mol. The van der Waals surface area contributed by atoms with Gasteiger partial charge < -0.3 is 14.8 Å². The predicted molar refractivity (Wildman–Crippen MR) is 137 cm³/mol. The minimum atomic E-state index is -0.485. The number of aryl methyl sites for hydroxylation is 1. The van der Waals surface area contributed by atoms with Gasteiger partial charge in [0.25, 0.3) is 5.91 Å². The number of carbonyl (C=O) groups excluding carboxylic acids is 1. The smallest absolute Gasteiger partial charge is 0.259 e. The molecule has 9 heteroatoms. The summed E-state index contributed by atoms with van der Waals surface area (Å²) in [6.45, 7) is 3.87. The van der Waals surface area contributed by atoms with E-state index >= 15 is 0 Å². The highest BCUT2D eigenvalue weighted by molar-refractivity contribution is 7.98. The number of nitrogens with one attached hydrogen (secondary N) is 1. The van der Waals surface area contributed by atoms with Crippen LogP contribution in [0.4, 0.5) is 4.39 Å². The van der Waals surface area contributed by atoms with Crippen molar-refractivity contribution in [3.63, 3.8) is 0 Å². The lowest BCUT2D eigenvalue weighted by Gasteiger charge is -2.18. The number of methoxy groups -OCH3 is 2. The molecule has 186 valence electrons. The Bertz CT molecular complexity index is 1320. The number of ether oxygens (including phenoxy) is 2. The Balaban J connectivity index is 1.65. The van der Waals surface area contributed by atoms with E-state index in [1.165, 1.54) is 38.1 Å². The van der Waals surface area contributed by atoms with Crippen LogP contribution < -0.4 is 14.8 Å². The minimum absolute atomic E-state index is 0.273. The van der Waals surface area contributed by atoms with Gasteiger partial charge in [0, 0.05) is 11.4 Å². The van der Waals surface area contributed by atoms with Gasteiger partial charge in [-0.25, -0.2) is 4.39 Å². The second-order valence-electron chi connectivity index (χ2n) is 8.16. The lowest BCUT2D eigenvalue weighted by atomic mass is 10.1. The molecule has 0 aliphatic heterocycles. The Morgan fingerprint density at radius 3 is 2.25 bits per heavy atom. The summed E-state index contributed by atoms with van der Waals surface area (Å²) in [6, 6.07) is 19.1. The maximum absolute atomic E-state index is 13.3. The Hall–Kier alpha value is -3.85. The largest absolute Gasteiger partial charge is 0.496 e. The number of amides is 1. The number of hydrogen-bond donors (Lipinski definition) is 1. The summed E-state index contributed by atoms with van der Waals surface area (Å²) in [4.78, 5) is 13.3. The van der Waals surface area contributed by atoms with Gasteiger partial charge in [-0.1, -0.05) is 47.7 Å². The average Bonchev–Trinajstić information content (AvgIpc) is 3.32. The van der Waals surface area contributed by atoms with Crippen molar-refractivity contribution >= 4 is 17.7 Å². The van der Waals surface area contributed by atoms with Gasteiger partial charge in [-0.05, 0) is 55.8 Å². The summed E-state index contributed by atoms with van der Waals surface area (Å²) in [5, 5.41) is 12.5. The zero-order valence-corrected chi connectivity index (χ0v) is 21.3. The van der Waals surface area contributed by atoms with Crippen molar-refractivity contribution in [1.29, 1.82) is 0 Å². The molecule has 3 aromatic carbocycles. The summed E-state index contributed by atoms with van der Waals surface area (Å²) >= 11 is 1.48. The molecule has 1 amide bonds. The second kappa shape index (κ2) is 11.3. The predicted octanol–water partition coefficient (Wildman–Crippen LogP) is 5.52. The Kier molecular flexibility index (Phi) is 7.90. The first-order valence-electron chi connectivity index (χ1n) is 11.3.